The van der Waals surface area contributed by atoms with Crippen LogP contribution in [0.4, 0.5) is 21.9 Å². The van der Waals surface area contributed by atoms with Gasteiger partial charge < -0.3 is 15.0 Å². The lowest BCUT2D eigenvalue weighted by molar-refractivity contribution is -0.383. The van der Waals surface area contributed by atoms with E-state index in [0.29, 0.717) is 51.1 Å². The molecule has 1 saturated carbocycles. The Balaban J connectivity index is 1.48. The summed E-state index contributed by atoms with van der Waals surface area (Å²) in [6.07, 6.45) is 4.14. The molecule has 2 saturated heterocycles. The number of nitrogens with zero attached hydrogens (tertiary/aromatic N) is 3. The highest BCUT2D eigenvalue weighted by Crippen LogP contribution is 2.41. The summed E-state index contributed by atoms with van der Waals surface area (Å²) < 4.78 is 5.02. The van der Waals surface area contributed by atoms with Gasteiger partial charge in [-0.05, 0) is 44.7 Å². The summed E-state index contributed by atoms with van der Waals surface area (Å²) in [7, 11) is 0. The Labute approximate surface area is 186 Å². The minimum absolute atomic E-state index is 0.0388. The molecule has 1 N–H and O–H groups in total. The van der Waals surface area contributed by atoms with E-state index in [0.717, 1.165) is 17.7 Å². The molecule has 0 unspecified atom stereocenters. The van der Waals surface area contributed by atoms with Crippen molar-refractivity contribution in [2.24, 2.45) is 11.8 Å². The number of nitrogens with one attached hydrogen (secondary N) is 1. The predicted octanol–water partition coefficient (Wildman–Crippen LogP) is 3.31. The maximum absolute atomic E-state index is 12.8. The number of ether oxygens (including phenoxy) is 1. The molecule has 0 radical (unpaired) electrons. The molecule has 3 fully saturated rings. The van der Waals surface area contributed by atoms with Crippen LogP contribution in [0.5, 0.6) is 0 Å². The number of hydrogen-bond acceptors (Lipinski definition) is 7. The zero-order valence-corrected chi connectivity index (χ0v) is 18.1. The van der Waals surface area contributed by atoms with Gasteiger partial charge >= 0.3 is 6.09 Å². The number of amides is 3. The summed E-state index contributed by atoms with van der Waals surface area (Å²) in [6, 6.07) is 4.43. The second-order valence-corrected chi connectivity index (χ2v) is 8.57. The van der Waals surface area contributed by atoms with Gasteiger partial charge in [0, 0.05) is 25.2 Å². The van der Waals surface area contributed by atoms with Crippen molar-refractivity contribution in [2.45, 2.75) is 51.5 Å². The minimum atomic E-state index is -0.502. The van der Waals surface area contributed by atoms with Crippen molar-refractivity contribution in [2.75, 3.05) is 29.9 Å². The van der Waals surface area contributed by atoms with Gasteiger partial charge in [0.15, 0.2) is 0 Å². The molecule has 1 aromatic rings. The van der Waals surface area contributed by atoms with Crippen LogP contribution < -0.4 is 10.2 Å². The van der Waals surface area contributed by atoms with Crippen molar-refractivity contribution in [1.29, 1.82) is 0 Å². The molecule has 10 heteroatoms. The van der Waals surface area contributed by atoms with Gasteiger partial charge in [-0.25, -0.2) is 9.69 Å². The first-order valence-corrected chi connectivity index (χ1v) is 11.2. The fraction of sp³-hybridized carbons (Fsp3) is 0.591. The van der Waals surface area contributed by atoms with E-state index in [2.05, 4.69) is 5.32 Å². The molecule has 2 atom stereocenters. The van der Waals surface area contributed by atoms with Crippen LogP contribution in [0.1, 0.15) is 45.4 Å². The second-order valence-electron chi connectivity index (χ2n) is 8.57. The van der Waals surface area contributed by atoms with Crippen molar-refractivity contribution in [3.05, 3.63) is 28.3 Å². The Bertz CT molecular complexity index is 903. The van der Waals surface area contributed by atoms with Crippen LogP contribution in [-0.2, 0) is 14.3 Å². The molecule has 2 heterocycles. The van der Waals surface area contributed by atoms with Gasteiger partial charge in [0.05, 0.1) is 29.1 Å². The van der Waals surface area contributed by atoms with E-state index < -0.39 is 4.92 Å². The third-order valence-corrected chi connectivity index (χ3v) is 6.66. The van der Waals surface area contributed by atoms with Crippen LogP contribution >= 0.6 is 0 Å². The van der Waals surface area contributed by atoms with E-state index >= 15 is 0 Å². The van der Waals surface area contributed by atoms with Gasteiger partial charge in [0.1, 0.15) is 5.69 Å². The molecule has 0 bridgehead atoms. The summed E-state index contributed by atoms with van der Waals surface area (Å²) in [5.41, 5.74) is 0.416. The Hall–Kier alpha value is -3.17. The number of carbonyl (C=O) groups is 3. The summed E-state index contributed by atoms with van der Waals surface area (Å²) in [5.74, 6) is -1.11. The first kappa shape index (κ1) is 22.0. The first-order chi connectivity index (χ1) is 15.4. The third kappa shape index (κ3) is 4.13. The highest BCUT2D eigenvalue weighted by atomic mass is 16.6. The lowest BCUT2D eigenvalue weighted by atomic mass is 9.81. The van der Waals surface area contributed by atoms with Gasteiger partial charge in [-0.3, -0.25) is 19.7 Å². The average molecular weight is 444 g/mol. The number of fused-ring (bicyclic) bond motifs is 1. The number of likely N-dealkylation sites (tertiary alicyclic amines) is 1. The van der Waals surface area contributed by atoms with Crippen molar-refractivity contribution in [3.8, 4) is 0 Å². The molecular formula is C22H28N4O6. The maximum Gasteiger partial charge on any atom is 0.409 e. The molecular weight excluding hydrogens is 416 g/mol. The molecule has 10 nitrogen and oxygen atoms in total. The number of piperidine rings is 1. The zero-order chi connectivity index (χ0) is 22.8. The number of benzene rings is 1. The Morgan fingerprint density at radius 3 is 2.31 bits per heavy atom. The number of nitro benzene ring substituents is 1. The van der Waals surface area contributed by atoms with Crippen LogP contribution in [0.3, 0.4) is 0 Å². The van der Waals surface area contributed by atoms with Crippen LogP contribution in [0.2, 0.25) is 0 Å². The van der Waals surface area contributed by atoms with Crippen LogP contribution in [0.15, 0.2) is 18.2 Å². The number of nitro groups is 1. The Kier molecular flexibility index (Phi) is 6.29. The predicted molar refractivity (Wildman–Crippen MR) is 116 cm³/mol. The van der Waals surface area contributed by atoms with E-state index in [-0.39, 0.29) is 47.2 Å². The second kappa shape index (κ2) is 9.13. The fourth-order valence-electron chi connectivity index (χ4n) is 4.99. The monoisotopic (exact) mass is 444 g/mol. The third-order valence-electron chi connectivity index (χ3n) is 6.66. The summed E-state index contributed by atoms with van der Waals surface area (Å²) in [4.78, 5) is 51.6. The standard InChI is InChI=1S/C22H28N4O6/c1-2-32-22(29)24-11-9-14(10-12-24)23-18-8-7-15(13-19(18)26(30)31)25-20(27)16-5-3-4-6-17(16)21(25)28/h7-8,13-14,16-17,23H,2-6,9-12H2,1H3/t16-,17+. The fourth-order valence-corrected chi connectivity index (χ4v) is 4.99. The van der Waals surface area contributed by atoms with Gasteiger partial charge in [0.2, 0.25) is 11.8 Å². The Morgan fingerprint density at radius 2 is 1.75 bits per heavy atom. The summed E-state index contributed by atoms with van der Waals surface area (Å²) in [6.45, 7) is 3.08. The molecule has 1 aliphatic carbocycles. The molecule has 0 aromatic heterocycles. The average Bonchev–Trinajstić information content (AvgIpc) is 3.05. The van der Waals surface area contributed by atoms with Crippen molar-refractivity contribution < 1.29 is 24.0 Å². The summed E-state index contributed by atoms with van der Waals surface area (Å²) >= 11 is 0. The molecule has 4 rings (SSSR count). The maximum atomic E-state index is 12.8. The lowest BCUT2D eigenvalue weighted by Gasteiger charge is -2.32. The van der Waals surface area contributed by atoms with Gasteiger partial charge in [-0.1, -0.05) is 12.8 Å². The largest absolute Gasteiger partial charge is 0.450 e. The molecule has 32 heavy (non-hydrogen) atoms. The number of hydrogen-bond donors (Lipinski definition) is 1. The smallest absolute Gasteiger partial charge is 0.409 e. The van der Waals surface area contributed by atoms with Crippen LogP contribution in [0.25, 0.3) is 0 Å². The molecule has 172 valence electrons. The van der Waals surface area contributed by atoms with Crippen LogP contribution in [0, 0.1) is 22.0 Å². The SMILES string of the molecule is CCOC(=O)N1CCC(Nc2ccc(N3C(=O)[C@H]4CCCC[C@H]4C3=O)cc2[N+](=O)[O-])CC1. The highest BCUT2D eigenvalue weighted by molar-refractivity contribution is 6.22. The zero-order valence-electron chi connectivity index (χ0n) is 18.1. The molecule has 3 amide bonds. The number of imide groups is 1. The molecule has 3 aliphatic rings. The number of carbonyl (C=O) groups excluding carboxylic acids is 3. The topological polar surface area (TPSA) is 122 Å². The van der Waals surface area contributed by atoms with Crippen LogP contribution in [-0.4, -0.2) is 53.5 Å². The number of anilines is 2. The van der Waals surface area contributed by atoms with E-state index in [4.69, 9.17) is 4.74 Å². The van der Waals surface area contributed by atoms with E-state index in [1.165, 1.54) is 6.07 Å². The van der Waals surface area contributed by atoms with Gasteiger partial charge in [-0.2, -0.15) is 0 Å². The van der Waals surface area contributed by atoms with E-state index in [9.17, 15) is 24.5 Å². The molecule has 0 spiro atoms. The Morgan fingerprint density at radius 1 is 1.12 bits per heavy atom. The lowest BCUT2D eigenvalue weighted by Crippen LogP contribution is -2.42. The molecule has 2 aliphatic heterocycles. The van der Waals surface area contributed by atoms with Crippen molar-refractivity contribution >= 4 is 35.0 Å². The van der Waals surface area contributed by atoms with Gasteiger partial charge in [-0.15, -0.1) is 0 Å². The minimum Gasteiger partial charge on any atom is -0.450 e. The highest BCUT2D eigenvalue weighted by Gasteiger charge is 2.49. The quantitative estimate of drug-likeness (QED) is 0.420. The molecule has 1 aromatic carbocycles. The van der Waals surface area contributed by atoms with Gasteiger partial charge in [0.25, 0.3) is 5.69 Å². The first-order valence-electron chi connectivity index (χ1n) is 11.2. The normalized spacial score (nSPS) is 23.8. The number of rotatable bonds is 5. The van der Waals surface area contributed by atoms with Crippen molar-refractivity contribution in [3.63, 3.8) is 0 Å². The van der Waals surface area contributed by atoms with E-state index in [1.807, 2.05) is 0 Å². The van der Waals surface area contributed by atoms with E-state index in [1.54, 1.807) is 24.0 Å². The van der Waals surface area contributed by atoms with Crippen molar-refractivity contribution in [1.82, 2.24) is 4.90 Å². The summed E-state index contributed by atoms with van der Waals surface area (Å²) in [5, 5.41) is 15.0.